The number of hydrogen-bond donors (Lipinski definition) is 0. The number of halogens is 1. The number of likely N-dealkylation sites (tertiary alicyclic amines) is 1. The van der Waals surface area contributed by atoms with Gasteiger partial charge in [0.2, 0.25) is 5.89 Å². The first kappa shape index (κ1) is 15.5. The normalized spacial score (nSPS) is 18.9. The summed E-state index contributed by atoms with van der Waals surface area (Å²) >= 11 is 6.29. The molecule has 5 nitrogen and oxygen atoms in total. The molecule has 0 saturated carbocycles. The van der Waals surface area contributed by atoms with Gasteiger partial charge in [0, 0.05) is 25.1 Å². The Morgan fingerprint density at radius 1 is 1.41 bits per heavy atom. The maximum atomic E-state index is 6.29. The molecular weight excluding hydrogens is 302 g/mol. The largest absolute Gasteiger partial charge is 0.384 e. The first-order valence-electron chi connectivity index (χ1n) is 7.53. The Morgan fingerprint density at radius 3 is 3.09 bits per heavy atom. The highest BCUT2D eigenvalue weighted by molar-refractivity contribution is 6.31. The summed E-state index contributed by atoms with van der Waals surface area (Å²) in [6, 6.07) is 8.09. The van der Waals surface area contributed by atoms with Gasteiger partial charge in [-0.1, -0.05) is 35.0 Å². The molecule has 2 aromatic rings. The first-order valence-corrected chi connectivity index (χ1v) is 7.91. The van der Waals surface area contributed by atoms with Crippen molar-refractivity contribution in [1.82, 2.24) is 15.0 Å². The van der Waals surface area contributed by atoms with Crippen molar-refractivity contribution < 1.29 is 9.26 Å². The predicted octanol–water partition coefficient (Wildman–Crippen LogP) is 2.90. The minimum Gasteiger partial charge on any atom is -0.384 e. The Hall–Kier alpha value is -1.43. The molecule has 0 N–H and O–H groups in total. The van der Waals surface area contributed by atoms with Crippen LogP contribution >= 0.6 is 11.6 Å². The summed E-state index contributed by atoms with van der Waals surface area (Å²) in [6.45, 7) is 3.30. The summed E-state index contributed by atoms with van der Waals surface area (Å²) < 4.78 is 10.3. The third-order valence-electron chi connectivity index (χ3n) is 4.02. The minimum absolute atomic E-state index is 0.476. The highest BCUT2D eigenvalue weighted by atomic mass is 35.5. The quantitative estimate of drug-likeness (QED) is 0.819. The second-order valence-corrected chi connectivity index (χ2v) is 6.00. The van der Waals surface area contributed by atoms with E-state index in [1.807, 2.05) is 18.2 Å². The maximum Gasteiger partial charge on any atom is 0.240 e. The van der Waals surface area contributed by atoms with Gasteiger partial charge in [-0.3, -0.25) is 4.90 Å². The van der Waals surface area contributed by atoms with E-state index in [0.717, 1.165) is 24.5 Å². The number of nitrogens with zero attached hydrogens (tertiary/aromatic N) is 3. The van der Waals surface area contributed by atoms with Gasteiger partial charge >= 0.3 is 0 Å². The lowest BCUT2D eigenvalue weighted by atomic mass is 9.98. The highest BCUT2D eigenvalue weighted by Crippen LogP contribution is 2.32. The minimum atomic E-state index is 0.476. The van der Waals surface area contributed by atoms with Crippen LogP contribution in [0.1, 0.15) is 29.6 Å². The molecule has 22 heavy (non-hydrogen) atoms. The van der Waals surface area contributed by atoms with Crippen LogP contribution < -0.4 is 0 Å². The summed E-state index contributed by atoms with van der Waals surface area (Å²) in [4.78, 5) is 6.74. The molecule has 1 aromatic carbocycles. The van der Waals surface area contributed by atoms with Crippen LogP contribution in [0.3, 0.4) is 0 Å². The topological polar surface area (TPSA) is 51.4 Å². The van der Waals surface area contributed by atoms with Crippen molar-refractivity contribution in [3.63, 3.8) is 0 Å². The van der Waals surface area contributed by atoms with Gasteiger partial charge in [0.15, 0.2) is 5.82 Å². The molecule has 3 rings (SSSR count). The molecule has 1 unspecified atom stereocenters. The van der Waals surface area contributed by atoms with Gasteiger partial charge in [0.1, 0.15) is 0 Å². The molecule has 0 radical (unpaired) electrons. The SMILES string of the molecule is COCCc1noc(CN2CCC(c3ccccc3Cl)C2)n1. The molecule has 1 atom stereocenters. The number of hydrogen-bond acceptors (Lipinski definition) is 5. The molecule has 0 spiro atoms. The molecular formula is C16H20ClN3O2. The average molecular weight is 322 g/mol. The molecule has 0 bridgehead atoms. The fourth-order valence-corrected chi connectivity index (χ4v) is 3.17. The lowest BCUT2D eigenvalue weighted by Crippen LogP contribution is -2.20. The van der Waals surface area contributed by atoms with Crippen LogP contribution in [0.4, 0.5) is 0 Å². The monoisotopic (exact) mass is 321 g/mol. The van der Waals surface area contributed by atoms with Gasteiger partial charge in [-0.25, -0.2) is 0 Å². The lowest BCUT2D eigenvalue weighted by molar-refractivity contribution is 0.199. The summed E-state index contributed by atoms with van der Waals surface area (Å²) in [5.41, 5.74) is 1.23. The van der Waals surface area contributed by atoms with Gasteiger partial charge in [0.05, 0.1) is 13.2 Å². The van der Waals surface area contributed by atoms with Crippen molar-refractivity contribution in [3.05, 3.63) is 46.6 Å². The summed E-state index contributed by atoms with van der Waals surface area (Å²) in [5, 5.41) is 4.83. The number of ether oxygens (including phenoxy) is 1. The molecule has 1 fully saturated rings. The van der Waals surface area contributed by atoms with Crippen LogP contribution in [0.25, 0.3) is 0 Å². The predicted molar refractivity (Wildman–Crippen MR) is 84.0 cm³/mol. The van der Waals surface area contributed by atoms with E-state index in [1.54, 1.807) is 7.11 Å². The van der Waals surface area contributed by atoms with Crippen molar-refractivity contribution in [3.8, 4) is 0 Å². The van der Waals surface area contributed by atoms with Crippen molar-refractivity contribution in [2.24, 2.45) is 0 Å². The molecule has 0 amide bonds. The fourth-order valence-electron chi connectivity index (χ4n) is 2.88. The van der Waals surface area contributed by atoms with E-state index in [9.17, 15) is 0 Å². The summed E-state index contributed by atoms with van der Waals surface area (Å²) in [5.74, 6) is 1.86. The number of rotatable bonds is 6. The van der Waals surface area contributed by atoms with Crippen LogP contribution in [0.2, 0.25) is 5.02 Å². The molecule has 0 aliphatic carbocycles. The highest BCUT2D eigenvalue weighted by Gasteiger charge is 2.26. The molecule has 1 aromatic heterocycles. The van der Waals surface area contributed by atoms with E-state index in [4.69, 9.17) is 20.9 Å². The Balaban J connectivity index is 1.57. The van der Waals surface area contributed by atoms with E-state index >= 15 is 0 Å². The van der Waals surface area contributed by atoms with Crippen LogP contribution in [-0.4, -0.2) is 41.8 Å². The zero-order chi connectivity index (χ0) is 15.4. The Kier molecular flexibility index (Phi) is 5.08. The van der Waals surface area contributed by atoms with E-state index in [-0.39, 0.29) is 0 Å². The third kappa shape index (κ3) is 3.66. The zero-order valence-electron chi connectivity index (χ0n) is 12.7. The van der Waals surface area contributed by atoms with Crippen molar-refractivity contribution >= 4 is 11.6 Å². The van der Waals surface area contributed by atoms with Gasteiger partial charge in [-0.15, -0.1) is 0 Å². The molecule has 1 saturated heterocycles. The molecule has 1 aliphatic heterocycles. The van der Waals surface area contributed by atoms with Crippen molar-refractivity contribution in [2.75, 3.05) is 26.8 Å². The Labute approximate surface area is 135 Å². The maximum absolute atomic E-state index is 6.29. The third-order valence-corrected chi connectivity index (χ3v) is 4.36. The smallest absolute Gasteiger partial charge is 0.240 e. The summed E-state index contributed by atoms with van der Waals surface area (Å²) in [7, 11) is 1.67. The van der Waals surface area contributed by atoms with Crippen molar-refractivity contribution in [1.29, 1.82) is 0 Å². The van der Waals surface area contributed by atoms with Gasteiger partial charge in [-0.2, -0.15) is 4.98 Å². The standard InChI is InChI=1S/C16H20ClN3O2/c1-21-9-7-15-18-16(22-19-15)11-20-8-6-12(10-20)13-4-2-3-5-14(13)17/h2-5,12H,6-11H2,1H3. The lowest BCUT2D eigenvalue weighted by Gasteiger charge is -2.14. The number of benzene rings is 1. The van der Waals surface area contributed by atoms with Crippen LogP contribution in [-0.2, 0) is 17.7 Å². The zero-order valence-corrected chi connectivity index (χ0v) is 13.4. The van der Waals surface area contributed by atoms with E-state index in [2.05, 4.69) is 21.1 Å². The van der Waals surface area contributed by atoms with Gasteiger partial charge in [0.25, 0.3) is 0 Å². The van der Waals surface area contributed by atoms with Gasteiger partial charge in [-0.05, 0) is 30.5 Å². The van der Waals surface area contributed by atoms with Crippen LogP contribution in [0.15, 0.2) is 28.8 Å². The molecule has 2 heterocycles. The number of methoxy groups -OCH3 is 1. The van der Waals surface area contributed by atoms with E-state index in [1.165, 1.54) is 5.56 Å². The Morgan fingerprint density at radius 2 is 2.27 bits per heavy atom. The molecule has 1 aliphatic rings. The summed E-state index contributed by atoms with van der Waals surface area (Å²) in [6.07, 6.45) is 1.79. The van der Waals surface area contributed by atoms with E-state index in [0.29, 0.717) is 37.2 Å². The second kappa shape index (κ2) is 7.22. The molecule has 6 heteroatoms. The number of aromatic nitrogens is 2. The van der Waals surface area contributed by atoms with E-state index < -0.39 is 0 Å². The van der Waals surface area contributed by atoms with Gasteiger partial charge < -0.3 is 9.26 Å². The fraction of sp³-hybridized carbons (Fsp3) is 0.500. The molecule has 118 valence electrons. The first-order chi connectivity index (χ1) is 10.8. The van der Waals surface area contributed by atoms with Crippen LogP contribution in [0.5, 0.6) is 0 Å². The Bertz CT molecular complexity index is 617. The second-order valence-electron chi connectivity index (χ2n) is 5.59. The van der Waals surface area contributed by atoms with Crippen LogP contribution in [0, 0.1) is 0 Å². The average Bonchev–Trinajstić information content (AvgIpc) is 3.16. The van der Waals surface area contributed by atoms with Crippen molar-refractivity contribution in [2.45, 2.75) is 25.3 Å².